The van der Waals surface area contributed by atoms with Crippen LogP contribution in [0.2, 0.25) is 0 Å². The van der Waals surface area contributed by atoms with Gasteiger partial charge < -0.3 is 4.57 Å². The van der Waals surface area contributed by atoms with Crippen LogP contribution in [0.15, 0.2) is 84.9 Å². The van der Waals surface area contributed by atoms with Gasteiger partial charge in [-0.05, 0) is 96.7 Å². The molecular formula is C41H51N. The monoisotopic (exact) mass is 557 g/mol. The lowest BCUT2D eigenvalue weighted by Crippen LogP contribution is -2.25. The molecule has 1 heteroatoms. The number of nitrogens with zero attached hydrogens (tertiary/aromatic N) is 1. The molecule has 1 nitrogen and oxygen atoms in total. The maximum absolute atomic E-state index is 2.53. The first kappa shape index (κ1) is 30.1. The standard InChI is InChI=1S/C41H51N/c1-28-16-19-30(20-17-28)40(8,9)24-25-41(10,11)31-21-23-35(38(2,3)4)34(27-31)29-18-22-33-32-14-12-13-15-36(32)42(37(33)26-29)39(5,6)7/h12-23,26-27H,24-25H2,1-11H3. The smallest absolute Gasteiger partial charge is 0.0502 e. The van der Waals surface area contributed by atoms with E-state index in [1.807, 2.05) is 0 Å². The first-order valence-electron chi connectivity index (χ1n) is 15.8. The minimum atomic E-state index is -0.0269. The Labute approximate surface area is 255 Å². The molecule has 0 N–H and O–H groups in total. The van der Waals surface area contributed by atoms with Crippen LogP contribution in [0, 0.1) is 6.92 Å². The predicted octanol–water partition coefficient (Wildman–Crippen LogP) is 11.9. The van der Waals surface area contributed by atoms with E-state index in [0.717, 1.165) is 12.8 Å². The van der Waals surface area contributed by atoms with Gasteiger partial charge in [0.2, 0.25) is 0 Å². The fourth-order valence-corrected chi connectivity index (χ4v) is 6.64. The van der Waals surface area contributed by atoms with Gasteiger partial charge in [0, 0.05) is 21.8 Å². The second-order valence-electron chi connectivity index (χ2n) is 15.9. The molecule has 0 unspecified atom stereocenters. The Morgan fingerprint density at radius 3 is 1.74 bits per heavy atom. The van der Waals surface area contributed by atoms with Crippen LogP contribution in [0.4, 0.5) is 0 Å². The van der Waals surface area contributed by atoms with E-state index in [2.05, 4.69) is 166 Å². The quantitative estimate of drug-likeness (QED) is 0.196. The lowest BCUT2D eigenvalue weighted by Gasteiger charge is -2.33. The number of hydrogen-bond acceptors (Lipinski definition) is 0. The molecule has 220 valence electrons. The third kappa shape index (κ3) is 5.68. The lowest BCUT2D eigenvalue weighted by atomic mass is 9.71. The zero-order chi connectivity index (χ0) is 30.7. The maximum Gasteiger partial charge on any atom is 0.0502 e. The number of benzene rings is 4. The summed E-state index contributed by atoms with van der Waals surface area (Å²) in [5, 5.41) is 2.66. The Morgan fingerprint density at radius 2 is 1.12 bits per heavy atom. The van der Waals surface area contributed by atoms with Crippen molar-refractivity contribution in [1.82, 2.24) is 4.57 Å². The van der Waals surface area contributed by atoms with Crippen LogP contribution in [-0.2, 0) is 21.8 Å². The Balaban J connectivity index is 1.59. The van der Waals surface area contributed by atoms with Crippen molar-refractivity contribution >= 4 is 21.8 Å². The number of aromatic nitrogens is 1. The summed E-state index contributed by atoms with van der Waals surface area (Å²) in [7, 11) is 0. The molecule has 0 aliphatic rings. The maximum atomic E-state index is 2.53. The van der Waals surface area contributed by atoms with E-state index < -0.39 is 0 Å². The average molecular weight is 558 g/mol. The summed E-state index contributed by atoms with van der Waals surface area (Å²) < 4.78 is 2.53. The van der Waals surface area contributed by atoms with Crippen molar-refractivity contribution in [2.75, 3.05) is 0 Å². The molecule has 0 aliphatic heterocycles. The van der Waals surface area contributed by atoms with Gasteiger partial charge in [0.15, 0.2) is 0 Å². The Morgan fingerprint density at radius 1 is 0.548 bits per heavy atom. The summed E-state index contributed by atoms with van der Waals surface area (Å²) in [4.78, 5) is 0. The molecule has 5 rings (SSSR count). The van der Waals surface area contributed by atoms with Crippen molar-refractivity contribution in [3.8, 4) is 11.1 Å². The summed E-state index contributed by atoms with van der Waals surface area (Å²) in [5.41, 5.74) is 11.0. The topological polar surface area (TPSA) is 4.93 Å². The predicted molar refractivity (Wildman–Crippen MR) is 185 cm³/mol. The molecular weight excluding hydrogens is 506 g/mol. The van der Waals surface area contributed by atoms with Crippen LogP contribution in [0.25, 0.3) is 32.9 Å². The molecule has 0 amide bonds. The highest BCUT2D eigenvalue weighted by Crippen LogP contribution is 2.42. The number of fused-ring (bicyclic) bond motifs is 3. The highest BCUT2D eigenvalue weighted by Gasteiger charge is 2.29. The summed E-state index contributed by atoms with van der Waals surface area (Å²) in [5.74, 6) is 0. The number of rotatable bonds is 6. The van der Waals surface area contributed by atoms with E-state index in [0.29, 0.717) is 0 Å². The van der Waals surface area contributed by atoms with Crippen molar-refractivity contribution in [2.45, 2.75) is 111 Å². The summed E-state index contributed by atoms with van der Waals surface area (Å²) in [6, 6.07) is 32.4. The highest BCUT2D eigenvalue weighted by atomic mass is 15.0. The van der Waals surface area contributed by atoms with Gasteiger partial charge in [0.1, 0.15) is 0 Å². The van der Waals surface area contributed by atoms with Crippen LogP contribution in [-0.4, -0.2) is 4.57 Å². The minimum Gasteiger partial charge on any atom is -0.335 e. The molecule has 5 aromatic rings. The van der Waals surface area contributed by atoms with E-state index in [-0.39, 0.29) is 21.8 Å². The normalized spacial score (nSPS) is 13.3. The Kier molecular flexibility index (Phi) is 7.49. The van der Waals surface area contributed by atoms with Crippen LogP contribution in [0.5, 0.6) is 0 Å². The molecule has 1 aromatic heterocycles. The third-order valence-electron chi connectivity index (χ3n) is 9.47. The molecule has 0 fully saturated rings. The number of aryl methyl sites for hydroxylation is 1. The Bertz CT molecular complexity index is 1730. The summed E-state index contributed by atoms with van der Waals surface area (Å²) in [6.45, 7) is 25.8. The highest BCUT2D eigenvalue weighted by molar-refractivity contribution is 6.09. The van der Waals surface area contributed by atoms with Gasteiger partial charge in [0.25, 0.3) is 0 Å². The van der Waals surface area contributed by atoms with Crippen molar-refractivity contribution in [3.63, 3.8) is 0 Å². The second-order valence-corrected chi connectivity index (χ2v) is 15.9. The van der Waals surface area contributed by atoms with Crippen LogP contribution in [0.1, 0.15) is 104 Å². The van der Waals surface area contributed by atoms with Crippen LogP contribution < -0.4 is 0 Å². The van der Waals surface area contributed by atoms with Crippen molar-refractivity contribution in [2.24, 2.45) is 0 Å². The molecule has 0 aliphatic carbocycles. The van der Waals surface area contributed by atoms with E-state index in [9.17, 15) is 0 Å². The van der Waals surface area contributed by atoms with Gasteiger partial charge in [-0.2, -0.15) is 0 Å². The number of hydrogen-bond donors (Lipinski definition) is 0. The van der Waals surface area contributed by atoms with Gasteiger partial charge in [0.05, 0.1) is 5.52 Å². The van der Waals surface area contributed by atoms with E-state index in [1.165, 1.54) is 55.2 Å². The lowest BCUT2D eigenvalue weighted by molar-refractivity contribution is 0.375. The van der Waals surface area contributed by atoms with Crippen LogP contribution >= 0.6 is 0 Å². The van der Waals surface area contributed by atoms with Crippen LogP contribution in [0.3, 0.4) is 0 Å². The molecule has 0 bridgehead atoms. The van der Waals surface area contributed by atoms with Gasteiger partial charge in [-0.1, -0.05) is 127 Å². The third-order valence-corrected chi connectivity index (χ3v) is 9.47. The first-order chi connectivity index (χ1) is 19.5. The molecule has 0 spiro atoms. The van der Waals surface area contributed by atoms with E-state index >= 15 is 0 Å². The van der Waals surface area contributed by atoms with Gasteiger partial charge in [-0.25, -0.2) is 0 Å². The number of para-hydroxylation sites is 1. The molecule has 0 atom stereocenters. The Hall–Kier alpha value is -3.32. The fraction of sp³-hybridized carbons (Fsp3) is 0.415. The van der Waals surface area contributed by atoms with Gasteiger partial charge in [-0.3, -0.25) is 0 Å². The molecule has 1 heterocycles. The zero-order valence-corrected chi connectivity index (χ0v) is 27.9. The molecule has 0 saturated heterocycles. The van der Waals surface area contributed by atoms with Gasteiger partial charge in [-0.15, -0.1) is 0 Å². The molecule has 0 saturated carbocycles. The van der Waals surface area contributed by atoms with E-state index in [4.69, 9.17) is 0 Å². The first-order valence-corrected chi connectivity index (χ1v) is 15.8. The SMILES string of the molecule is Cc1ccc(C(C)(C)CCC(C)(C)c2ccc(C(C)(C)C)c(-c3ccc4c5ccccc5n(C(C)(C)C)c4c3)c2)cc1. The van der Waals surface area contributed by atoms with Gasteiger partial charge >= 0.3 is 0 Å². The molecule has 4 aromatic carbocycles. The zero-order valence-electron chi connectivity index (χ0n) is 27.9. The summed E-state index contributed by atoms with van der Waals surface area (Å²) in [6.07, 6.45) is 2.26. The van der Waals surface area contributed by atoms with Crippen molar-refractivity contribution in [3.05, 3.63) is 107 Å². The summed E-state index contributed by atoms with van der Waals surface area (Å²) >= 11 is 0. The van der Waals surface area contributed by atoms with Crippen molar-refractivity contribution in [1.29, 1.82) is 0 Å². The average Bonchev–Trinajstić information content (AvgIpc) is 3.26. The fourth-order valence-electron chi connectivity index (χ4n) is 6.64. The van der Waals surface area contributed by atoms with Crippen molar-refractivity contribution < 1.29 is 0 Å². The molecule has 0 radical (unpaired) electrons. The minimum absolute atomic E-state index is 0.0269. The second kappa shape index (κ2) is 10.4. The largest absolute Gasteiger partial charge is 0.335 e. The van der Waals surface area contributed by atoms with E-state index in [1.54, 1.807) is 0 Å². The molecule has 42 heavy (non-hydrogen) atoms.